The van der Waals surface area contributed by atoms with E-state index in [0.29, 0.717) is 10.8 Å². The maximum absolute atomic E-state index is 12.2. The number of nitrogens with zero attached hydrogens (tertiary/aromatic N) is 2. The molecule has 1 aliphatic rings. The summed E-state index contributed by atoms with van der Waals surface area (Å²) in [5.74, 6) is 0.493. The molecule has 24 heavy (non-hydrogen) atoms. The monoisotopic (exact) mass is 348 g/mol. The lowest BCUT2D eigenvalue weighted by atomic mass is 9.93. The highest BCUT2D eigenvalue weighted by atomic mass is 35.5. The molecule has 1 heterocycles. The van der Waals surface area contributed by atoms with Crippen molar-refractivity contribution >= 4 is 23.4 Å². The van der Waals surface area contributed by atoms with Crippen molar-refractivity contribution in [2.45, 2.75) is 44.8 Å². The SMILES string of the molecule is Cc1cn(-c2ccc(Cl)cc2)nc1NC(=O)NC1CCCCC1O. The first kappa shape index (κ1) is 16.8. The van der Waals surface area contributed by atoms with Crippen molar-refractivity contribution in [2.24, 2.45) is 0 Å². The van der Waals surface area contributed by atoms with Gasteiger partial charge in [0.25, 0.3) is 0 Å². The van der Waals surface area contributed by atoms with Gasteiger partial charge in [-0.15, -0.1) is 5.10 Å². The fraction of sp³-hybridized carbons (Fsp3) is 0.412. The molecule has 7 heteroatoms. The van der Waals surface area contributed by atoms with Crippen LogP contribution in [-0.4, -0.2) is 33.1 Å². The zero-order chi connectivity index (χ0) is 17.1. The average molecular weight is 349 g/mol. The fourth-order valence-electron chi connectivity index (χ4n) is 2.90. The van der Waals surface area contributed by atoms with Crippen LogP contribution < -0.4 is 10.6 Å². The van der Waals surface area contributed by atoms with Crippen molar-refractivity contribution in [3.63, 3.8) is 0 Å². The number of anilines is 1. The van der Waals surface area contributed by atoms with Crippen molar-refractivity contribution in [3.8, 4) is 5.69 Å². The van der Waals surface area contributed by atoms with Crippen molar-refractivity contribution in [1.82, 2.24) is 15.1 Å². The zero-order valence-electron chi connectivity index (χ0n) is 13.5. The second-order valence-electron chi connectivity index (χ2n) is 6.14. The summed E-state index contributed by atoms with van der Waals surface area (Å²) in [4.78, 5) is 12.2. The van der Waals surface area contributed by atoms with Gasteiger partial charge in [0.1, 0.15) is 0 Å². The van der Waals surface area contributed by atoms with Crippen LogP contribution in [0.15, 0.2) is 30.5 Å². The van der Waals surface area contributed by atoms with Crippen molar-refractivity contribution < 1.29 is 9.90 Å². The molecule has 0 saturated heterocycles. The highest BCUT2D eigenvalue weighted by molar-refractivity contribution is 6.30. The summed E-state index contributed by atoms with van der Waals surface area (Å²) in [7, 11) is 0. The molecule has 1 aliphatic carbocycles. The van der Waals surface area contributed by atoms with Gasteiger partial charge in [-0.1, -0.05) is 24.4 Å². The molecule has 1 saturated carbocycles. The molecule has 1 fully saturated rings. The van der Waals surface area contributed by atoms with Gasteiger partial charge in [-0.05, 0) is 44.0 Å². The van der Waals surface area contributed by atoms with Crippen LogP contribution in [0.4, 0.5) is 10.6 Å². The molecule has 2 atom stereocenters. The van der Waals surface area contributed by atoms with Crippen molar-refractivity contribution in [3.05, 3.63) is 41.0 Å². The molecule has 2 unspecified atom stereocenters. The van der Waals surface area contributed by atoms with Crippen LogP contribution in [0.25, 0.3) is 5.69 Å². The van der Waals surface area contributed by atoms with Gasteiger partial charge in [0.2, 0.25) is 0 Å². The van der Waals surface area contributed by atoms with Gasteiger partial charge in [0.05, 0.1) is 17.8 Å². The largest absolute Gasteiger partial charge is 0.391 e. The summed E-state index contributed by atoms with van der Waals surface area (Å²) in [6.07, 6.45) is 4.92. The molecule has 3 N–H and O–H groups in total. The number of benzene rings is 1. The Bertz CT molecular complexity index is 714. The molecular weight excluding hydrogens is 328 g/mol. The van der Waals surface area contributed by atoms with E-state index in [1.165, 1.54) is 0 Å². The number of aliphatic hydroxyl groups excluding tert-OH is 1. The Morgan fingerprint density at radius 2 is 2.00 bits per heavy atom. The van der Waals surface area contributed by atoms with Gasteiger partial charge in [-0.3, -0.25) is 5.32 Å². The first-order valence-corrected chi connectivity index (χ1v) is 8.48. The van der Waals surface area contributed by atoms with Crippen LogP contribution in [0.5, 0.6) is 0 Å². The van der Waals surface area contributed by atoms with Gasteiger partial charge in [0.15, 0.2) is 5.82 Å². The summed E-state index contributed by atoms with van der Waals surface area (Å²) in [5.41, 5.74) is 1.71. The van der Waals surface area contributed by atoms with Crippen LogP contribution in [0.3, 0.4) is 0 Å². The summed E-state index contributed by atoms with van der Waals surface area (Å²) < 4.78 is 1.69. The number of hydrogen-bond donors (Lipinski definition) is 3. The average Bonchev–Trinajstić information content (AvgIpc) is 2.91. The molecule has 0 aliphatic heterocycles. The second-order valence-corrected chi connectivity index (χ2v) is 6.57. The molecule has 6 nitrogen and oxygen atoms in total. The Labute approximate surface area is 145 Å². The lowest BCUT2D eigenvalue weighted by Gasteiger charge is -2.28. The fourth-order valence-corrected chi connectivity index (χ4v) is 3.03. The van der Waals surface area contributed by atoms with E-state index < -0.39 is 6.10 Å². The molecule has 1 aromatic heterocycles. The number of rotatable bonds is 3. The summed E-state index contributed by atoms with van der Waals surface area (Å²) >= 11 is 5.89. The molecule has 3 rings (SSSR count). The third kappa shape index (κ3) is 3.88. The van der Waals surface area contributed by atoms with Crippen LogP contribution in [-0.2, 0) is 0 Å². The van der Waals surface area contributed by atoms with Gasteiger partial charge in [0, 0.05) is 16.8 Å². The van der Waals surface area contributed by atoms with E-state index in [-0.39, 0.29) is 12.1 Å². The van der Waals surface area contributed by atoms with E-state index in [9.17, 15) is 9.90 Å². The molecule has 2 amide bonds. The van der Waals surface area contributed by atoms with Crippen molar-refractivity contribution in [1.29, 1.82) is 0 Å². The third-order valence-electron chi connectivity index (χ3n) is 4.27. The quantitative estimate of drug-likeness (QED) is 0.796. The standard InChI is InChI=1S/C17H21ClN4O2/c1-11-10-22(13-8-6-12(18)7-9-13)21-16(11)20-17(24)19-14-4-2-3-5-15(14)23/h6-10,14-15,23H,2-5H2,1H3,(H2,19,20,21,24). The molecule has 0 spiro atoms. The molecule has 2 aromatic rings. The number of hydrogen-bond acceptors (Lipinski definition) is 3. The highest BCUT2D eigenvalue weighted by Crippen LogP contribution is 2.20. The Morgan fingerprint density at radius 3 is 2.71 bits per heavy atom. The number of aliphatic hydroxyl groups is 1. The number of aromatic nitrogens is 2. The smallest absolute Gasteiger partial charge is 0.320 e. The highest BCUT2D eigenvalue weighted by Gasteiger charge is 2.24. The van der Waals surface area contributed by atoms with Crippen LogP contribution in [0.2, 0.25) is 5.02 Å². The molecule has 0 bridgehead atoms. The van der Waals surface area contributed by atoms with Gasteiger partial charge in [-0.2, -0.15) is 0 Å². The zero-order valence-corrected chi connectivity index (χ0v) is 14.3. The maximum Gasteiger partial charge on any atom is 0.320 e. The van der Waals surface area contributed by atoms with Crippen LogP contribution >= 0.6 is 11.6 Å². The number of carbonyl (C=O) groups is 1. The lowest BCUT2D eigenvalue weighted by molar-refractivity contribution is 0.0955. The predicted octanol–water partition coefficient (Wildman–Crippen LogP) is 3.26. The Balaban J connectivity index is 1.66. The number of amides is 2. The Hall–Kier alpha value is -2.05. The van der Waals surface area contributed by atoms with Gasteiger partial charge in [-0.25, -0.2) is 9.48 Å². The van der Waals surface area contributed by atoms with Gasteiger partial charge >= 0.3 is 6.03 Å². The second kappa shape index (κ2) is 7.23. The molecule has 0 radical (unpaired) electrons. The van der Waals surface area contributed by atoms with Gasteiger partial charge < -0.3 is 10.4 Å². The van der Waals surface area contributed by atoms with Crippen LogP contribution in [0, 0.1) is 6.92 Å². The van der Waals surface area contributed by atoms with Crippen LogP contribution in [0.1, 0.15) is 31.2 Å². The molecular formula is C17H21ClN4O2. The summed E-state index contributed by atoms with van der Waals surface area (Å²) in [6.45, 7) is 1.88. The normalized spacial score (nSPS) is 20.6. The first-order valence-electron chi connectivity index (χ1n) is 8.11. The minimum atomic E-state index is -0.475. The van der Waals surface area contributed by atoms with Crippen molar-refractivity contribution in [2.75, 3.05) is 5.32 Å². The number of urea groups is 1. The number of carbonyl (C=O) groups excluding carboxylic acids is 1. The number of nitrogens with one attached hydrogen (secondary N) is 2. The van der Waals surface area contributed by atoms with E-state index >= 15 is 0 Å². The lowest BCUT2D eigenvalue weighted by Crippen LogP contribution is -2.46. The summed E-state index contributed by atoms with van der Waals surface area (Å²) in [6, 6.07) is 6.76. The number of aryl methyl sites for hydroxylation is 1. The minimum absolute atomic E-state index is 0.197. The van der Waals surface area contributed by atoms with E-state index in [0.717, 1.165) is 36.9 Å². The van der Waals surface area contributed by atoms with E-state index in [1.807, 2.05) is 25.3 Å². The number of halogens is 1. The molecule has 1 aromatic carbocycles. The summed E-state index contributed by atoms with van der Waals surface area (Å²) in [5, 5.41) is 20.6. The van der Waals surface area contributed by atoms with E-state index in [4.69, 9.17) is 11.6 Å². The minimum Gasteiger partial charge on any atom is -0.391 e. The van der Waals surface area contributed by atoms with E-state index in [2.05, 4.69) is 15.7 Å². The predicted molar refractivity (Wildman–Crippen MR) is 93.7 cm³/mol. The third-order valence-corrected chi connectivity index (χ3v) is 4.52. The first-order chi connectivity index (χ1) is 11.5. The van der Waals surface area contributed by atoms with E-state index in [1.54, 1.807) is 16.8 Å². The Morgan fingerprint density at radius 1 is 1.29 bits per heavy atom. The maximum atomic E-state index is 12.2. The topological polar surface area (TPSA) is 79.2 Å². The Kier molecular flexibility index (Phi) is 5.06. The molecule has 128 valence electrons.